The molecule has 6 nitrogen and oxygen atoms in total. The molecule has 1 N–H and O–H groups in total. The van der Waals surface area contributed by atoms with Gasteiger partial charge in [0.1, 0.15) is 18.5 Å². The van der Waals surface area contributed by atoms with E-state index in [4.69, 9.17) is 4.74 Å². The standard InChI is InChI=1S/C27H24N4O2/c1-19(20-12-14-22(15-13-20)21-8-4-2-5-9-21)29-26-28-17-16-25(30-26)31-24(18-33-27(31)32)23-10-6-3-7-11-23/h2-17,19,24H,18H2,1H3,(H,28,29,30)/t19-,24?/m0/s1. The molecule has 5 rings (SSSR count). The van der Waals surface area contributed by atoms with Gasteiger partial charge in [-0.1, -0.05) is 84.9 Å². The third kappa shape index (κ3) is 4.41. The Labute approximate surface area is 192 Å². The van der Waals surface area contributed by atoms with Gasteiger partial charge in [-0.3, -0.25) is 4.90 Å². The minimum atomic E-state index is -0.405. The molecule has 4 aromatic rings. The van der Waals surface area contributed by atoms with Crippen LogP contribution in [0.4, 0.5) is 16.6 Å². The fraction of sp³-hybridized carbons (Fsp3) is 0.148. The van der Waals surface area contributed by atoms with Crippen molar-refractivity contribution in [3.63, 3.8) is 0 Å². The van der Waals surface area contributed by atoms with Crippen molar-refractivity contribution in [1.82, 2.24) is 9.97 Å². The van der Waals surface area contributed by atoms with Gasteiger partial charge in [0.2, 0.25) is 5.95 Å². The number of aromatic nitrogens is 2. The Balaban J connectivity index is 1.33. The number of benzene rings is 3. The summed E-state index contributed by atoms with van der Waals surface area (Å²) in [5.41, 5.74) is 4.48. The van der Waals surface area contributed by atoms with E-state index in [0.717, 1.165) is 11.1 Å². The highest BCUT2D eigenvalue weighted by Crippen LogP contribution is 2.32. The fourth-order valence-corrected chi connectivity index (χ4v) is 4.02. The molecule has 2 heterocycles. The highest BCUT2D eigenvalue weighted by molar-refractivity contribution is 5.89. The van der Waals surface area contributed by atoms with E-state index >= 15 is 0 Å². The lowest BCUT2D eigenvalue weighted by molar-refractivity contribution is 0.179. The van der Waals surface area contributed by atoms with Crippen molar-refractivity contribution >= 4 is 17.9 Å². The van der Waals surface area contributed by atoms with Gasteiger partial charge in [-0.15, -0.1) is 0 Å². The van der Waals surface area contributed by atoms with E-state index in [1.807, 2.05) is 48.5 Å². The Hall–Kier alpha value is -4.19. The predicted octanol–water partition coefficient (Wildman–Crippen LogP) is 6.01. The highest BCUT2D eigenvalue weighted by Gasteiger charge is 2.36. The zero-order valence-electron chi connectivity index (χ0n) is 18.3. The molecule has 1 unspecified atom stereocenters. The summed E-state index contributed by atoms with van der Waals surface area (Å²) in [5, 5.41) is 3.35. The van der Waals surface area contributed by atoms with Crippen molar-refractivity contribution in [3.8, 4) is 11.1 Å². The van der Waals surface area contributed by atoms with E-state index in [9.17, 15) is 4.79 Å². The number of hydrogen-bond donors (Lipinski definition) is 1. The van der Waals surface area contributed by atoms with Crippen LogP contribution < -0.4 is 10.2 Å². The van der Waals surface area contributed by atoms with Crippen LogP contribution in [0.2, 0.25) is 0 Å². The topological polar surface area (TPSA) is 67.4 Å². The number of carbonyl (C=O) groups excluding carboxylic acids is 1. The summed E-state index contributed by atoms with van der Waals surface area (Å²) in [7, 11) is 0. The molecular weight excluding hydrogens is 412 g/mol. The Morgan fingerprint density at radius 2 is 1.58 bits per heavy atom. The van der Waals surface area contributed by atoms with E-state index in [-0.39, 0.29) is 12.1 Å². The van der Waals surface area contributed by atoms with Gasteiger partial charge < -0.3 is 10.1 Å². The van der Waals surface area contributed by atoms with E-state index in [1.165, 1.54) is 11.1 Å². The minimum absolute atomic E-state index is 0.0134. The first-order valence-corrected chi connectivity index (χ1v) is 10.9. The Morgan fingerprint density at radius 3 is 2.30 bits per heavy atom. The van der Waals surface area contributed by atoms with Crippen LogP contribution in [0.1, 0.15) is 30.1 Å². The van der Waals surface area contributed by atoms with Gasteiger partial charge in [-0.2, -0.15) is 4.98 Å². The second kappa shape index (κ2) is 9.12. The summed E-state index contributed by atoms with van der Waals surface area (Å²) in [5.74, 6) is 0.967. The second-order valence-electron chi connectivity index (χ2n) is 7.97. The minimum Gasteiger partial charge on any atom is -0.447 e. The van der Waals surface area contributed by atoms with Gasteiger partial charge >= 0.3 is 6.09 Å². The molecule has 0 aliphatic carbocycles. The number of nitrogens with zero attached hydrogens (tertiary/aromatic N) is 3. The van der Waals surface area contributed by atoms with E-state index in [2.05, 4.69) is 58.6 Å². The summed E-state index contributed by atoms with van der Waals surface area (Å²) in [6, 6.07) is 30.1. The lowest BCUT2D eigenvalue weighted by atomic mass is 10.0. The third-order valence-electron chi connectivity index (χ3n) is 5.81. The van der Waals surface area contributed by atoms with E-state index in [0.29, 0.717) is 18.4 Å². The van der Waals surface area contributed by atoms with Crippen LogP contribution in [-0.2, 0) is 4.74 Å². The molecule has 0 spiro atoms. The monoisotopic (exact) mass is 436 g/mol. The third-order valence-corrected chi connectivity index (χ3v) is 5.81. The van der Waals surface area contributed by atoms with Crippen LogP contribution >= 0.6 is 0 Å². The molecule has 0 radical (unpaired) electrons. The molecule has 33 heavy (non-hydrogen) atoms. The molecule has 1 saturated heterocycles. The number of amides is 1. The van der Waals surface area contributed by atoms with Gasteiger partial charge in [-0.05, 0) is 35.2 Å². The second-order valence-corrected chi connectivity index (χ2v) is 7.97. The van der Waals surface area contributed by atoms with Crippen molar-refractivity contribution in [2.45, 2.75) is 19.0 Å². The van der Waals surface area contributed by atoms with Crippen LogP contribution in [-0.4, -0.2) is 22.7 Å². The molecule has 1 amide bonds. The van der Waals surface area contributed by atoms with E-state index in [1.54, 1.807) is 17.2 Å². The normalized spacial score (nSPS) is 16.3. The molecule has 1 aliphatic heterocycles. The van der Waals surface area contributed by atoms with Crippen LogP contribution in [0.15, 0.2) is 97.2 Å². The van der Waals surface area contributed by atoms with Crippen LogP contribution in [0.5, 0.6) is 0 Å². The lowest BCUT2D eigenvalue weighted by Gasteiger charge is -2.21. The van der Waals surface area contributed by atoms with Gasteiger partial charge in [0.15, 0.2) is 0 Å². The average Bonchev–Trinajstić information content (AvgIpc) is 3.27. The number of cyclic esters (lactones) is 1. The molecular formula is C27H24N4O2. The molecule has 164 valence electrons. The van der Waals surface area contributed by atoms with Crippen LogP contribution in [0.25, 0.3) is 11.1 Å². The number of carbonyl (C=O) groups is 1. The average molecular weight is 437 g/mol. The number of ether oxygens (including phenoxy) is 1. The Kier molecular flexibility index (Phi) is 5.72. The maximum Gasteiger partial charge on any atom is 0.416 e. The Bertz CT molecular complexity index is 1230. The smallest absolute Gasteiger partial charge is 0.416 e. The SMILES string of the molecule is C[C@H](Nc1nccc(N2C(=O)OCC2c2ccccc2)n1)c1ccc(-c2ccccc2)cc1. The molecule has 0 saturated carbocycles. The Morgan fingerprint density at radius 1 is 0.909 bits per heavy atom. The van der Waals surface area contributed by atoms with Crippen molar-refractivity contribution in [3.05, 3.63) is 108 Å². The van der Waals surface area contributed by atoms with Crippen molar-refractivity contribution in [1.29, 1.82) is 0 Å². The zero-order chi connectivity index (χ0) is 22.6. The summed E-state index contributed by atoms with van der Waals surface area (Å²) >= 11 is 0. The molecule has 3 aromatic carbocycles. The number of hydrogen-bond acceptors (Lipinski definition) is 5. The number of anilines is 2. The summed E-state index contributed by atoms with van der Waals surface area (Å²) in [6.07, 6.45) is 1.25. The fourth-order valence-electron chi connectivity index (χ4n) is 4.02. The molecule has 0 bridgehead atoms. The lowest BCUT2D eigenvalue weighted by Crippen LogP contribution is -2.28. The molecule has 1 aromatic heterocycles. The van der Waals surface area contributed by atoms with Crippen LogP contribution in [0.3, 0.4) is 0 Å². The van der Waals surface area contributed by atoms with E-state index < -0.39 is 6.09 Å². The first kappa shape index (κ1) is 20.7. The zero-order valence-corrected chi connectivity index (χ0v) is 18.3. The molecule has 6 heteroatoms. The molecule has 1 aliphatic rings. The molecule has 1 fully saturated rings. The van der Waals surface area contributed by atoms with Crippen molar-refractivity contribution in [2.24, 2.45) is 0 Å². The first-order valence-electron chi connectivity index (χ1n) is 10.9. The summed E-state index contributed by atoms with van der Waals surface area (Å²) in [6.45, 7) is 2.35. The van der Waals surface area contributed by atoms with Gasteiger partial charge in [-0.25, -0.2) is 9.78 Å². The summed E-state index contributed by atoms with van der Waals surface area (Å²) < 4.78 is 5.33. The maximum atomic E-state index is 12.5. The quantitative estimate of drug-likeness (QED) is 0.401. The van der Waals surface area contributed by atoms with Crippen molar-refractivity contribution in [2.75, 3.05) is 16.8 Å². The number of rotatable bonds is 6. The maximum absolute atomic E-state index is 12.5. The molecule has 2 atom stereocenters. The van der Waals surface area contributed by atoms with Gasteiger partial charge in [0.25, 0.3) is 0 Å². The predicted molar refractivity (Wildman–Crippen MR) is 129 cm³/mol. The van der Waals surface area contributed by atoms with Crippen LogP contribution in [0, 0.1) is 0 Å². The van der Waals surface area contributed by atoms with Crippen molar-refractivity contribution < 1.29 is 9.53 Å². The van der Waals surface area contributed by atoms with Gasteiger partial charge in [0, 0.05) is 6.20 Å². The highest BCUT2D eigenvalue weighted by atomic mass is 16.6. The largest absolute Gasteiger partial charge is 0.447 e. The summed E-state index contributed by atoms with van der Waals surface area (Å²) in [4.78, 5) is 23.0. The van der Waals surface area contributed by atoms with Gasteiger partial charge in [0.05, 0.1) is 6.04 Å². The first-order chi connectivity index (χ1) is 16.2. The number of nitrogens with one attached hydrogen (secondary N) is 1.